The lowest BCUT2D eigenvalue weighted by atomic mass is 10.0. The van der Waals surface area contributed by atoms with Gasteiger partial charge in [-0.05, 0) is 67.1 Å². The predicted molar refractivity (Wildman–Crippen MR) is 135 cm³/mol. The van der Waals surface area contributed by atoms with Gasteiger partial charge in [0.15, 0.2) is 5.13 Å². The quantitative estimate of drug-likeness (QED) is 0.382. The van der Waals surface area contributed by atoms with Gasteiger partial charge in [0.2, 0.25) is 5.91 Å². The van der Waals surface area contributed by atoms with Crippen LogP contribution >= 0.6 is 22.9 Å². The van der Waals surface area contributed by atoms with Crippen molar-refractivity contribution in [2.75, 3.05) is 11.4 Å². The van der Waals surface area contributed by atoms with E-state index in [1.165, 1.54) is 11.3 Å². The molecule has 5 rings (SSSR count). The number of aliphatic hydroxyl groups excluding tert-OH is 1. The van der Waals surface area contributed by atoms with Crippen LogP contribution in [-0.4, -0.2) is 33.0 Å². The molecule has 2 aromatic heterocycles. The highest BCUT2D eigenvalue weighted by Gasteiger charge is 2.30. The molecule has 1 amide bonds. The van der Waals surface area contributed by atoms with Crippen molar-refractivity contribution >= 4 is 50.8 Å². The highest BCUT2D eigenvalue weighted by Crippen LogP contribution is 2.34. The molecule has 2 aromatic carbocycles. The number of hydrogen-bond donors (Lipinski definition) is 1. The summed E-state index contributed by atoms with van der Waals surface area (Å²) in [6, 6.07) is 12.3. The third-order valence-electron chi connectivity index (χ3n) is 6.27. The SMILES string of the molecule is Cc1c(CC(=O)N(CC2CC2)c2nccs2)c2cc(CO)ccc2n1C(=O)c1cccc(Cl)c1. The minimum atomic E-state index is -0.213. The van der Waals surface area contributed by atoms with Gasteiger partial charge in [-0.2, -0.15) is 0 Å². The van der Waals surface area contributed by atoms with Crippen molar-refractivity contribution < 1.29 is 14.7 Å². The topological polar surface area (TPSA) is 75.4 Å². The summed E-state index contributed by atoms with van der Waals surface area (Å²) in [6.07, 6.45) is 4.10. The number of fused-ring (bicyclic) bond motifs is 1. The maximum absolute atomic E-state index is 13.6. The molecule has 0 radical (unpaired) electrons. The van der Waals surface area contributed by atoms with E-state index in [0.717, 1.165) is 29.4 Å². The molecule has 0 spiro atoms. The Hall–Kier alpha value is -3.00. The van der Waals surface area contributed by atoms with Crippen LogP contribution in [0, 0.1) is 12.8 Å². The van der Waals surface area contributed by atoms with Gasteiger partial charge in [-0.15, -0.1) is 11.3 Å². The fraction of sp³-hybridized carbons (Fsp3) is 0.269. The van der Waals surface area contributed by atoms with E-state index in [-0.39, 0.29) is 24.8 Å². The number of nitrogens with zero attached hydrogens (tertiary/aromatic N) is 3. The molecule has 0 aliphatic heterocycles. The van der Waals surface area contributed by atoms with Crippen LogP contribution in [0.4, 0.5) is 5.13 Å². The average molecular weight is 494 g/mol. The molecule has 2 heterocycles. The number of aromatic nitrogens is 2. The summed E-state index contributed by atoms with van der Waals surface area (Å²) in [4.78, 5) is 33.2. The zero-order valence-electron chi connectivity index (χ0n) is 18.7. The first-order valence-corrected chi connectivity index (χ1v) is 12.5. The predicted octanol–water partition coefficient (Wildman–Crippen LogP) is 5.23. The van der Waals surface area contributed by atoms with Crippen molar-refractivity contribution in [1.82, 2.24) is 9.55 Å². The molecule has 1 fully saturated rings. The van der Waals surface area contributed by atoms with Crippen LogP contribution in [0.25, 0.3) is 10.9 Å². The lowest BCUT2D eigenvalue weighted by Gasteiger charge is -2.20. The number of aliphatic hydroxyl groups is 1. The summed E-state index contributed by atoms with van der Waals surface area (Å²) in [7, 11) is 0. The molecule has 1 aliphatic carbocycles. The molecule has 174 valence electrons. The van der Waals surface area contributed by atoms with Gasteiger partial charge in [0.05, 0.1) is 18.5 Å². The van der Waals surface area contributed by atoms with Gasteiger partial charge < -0.3 is 5.11 Å². The number of rotatable bonds is 7. The van der Waals surface area contributed by atoms with E-state index in [4.69, 9.17) is 11.6 Å². The Balaban J connectivity index is 1.58. The first-order valence-electron chi connectivity index (χ1n) is 11.2. The van der Waals surface area contributed by atoms with Crippen LogP contribution < -0.4 is 4.90 Å². The number of thiazole rings is 1. The number of anilines is 1. The van der Waals surface area contributed by atoms with Crippen LogP contribution in [0.2, 0.25) is 5.02 Å². The maximum atomic E-state index is 13.6. The summed E-state index contributed by atoms with van der Waals surface area (Å²) in [5.74, 6) is 0.254. The molecule has 34 heavy (non-hydrogen) atoms. The van der Waals surface area contributed by atoms with Crippen LogP contribution in [0.5, 0.6) is 0 Å². The van der Waals surface area contributed by atoms with Gasteiger partial charge in [-0.25, -0.2) is 4.98 Å². The minimum Gasteiger partial charge on any atom is -0.392 e. The van der Waals surface area contributed by atoms with Crippen molar-refractivity contribution in [3.05, 3.63) is 81.4 Å². The van der Waals surface area contributed by atoms with Gasteiger partial charge in [-0.3, -0.25) is 19.1 Å². The summed E-state index contributed by atoms with van der Waals surface area (Å²) >= 11 is 7.59. The van der Waals surface area contributed by atoms with Crippen molar-refractivity contribution in [2.45, 2.75) is 32.8 Å². The monoisotopic (exact) mass is 493 g/mol. The Kier molecular flexibility index (Phi) is 6.25. The van der Waals surface area contributed by atoms with Crippen molar-refractivity contribution in [3.63, 3.8) is 0 Å². The summed E-state index contributed by atoms with van der Waals surface area (Å²) in [5.41, 5.74) is 3.38. The number of hydrogen-bond acceptors (Lipinski definition) is 5. The second-order valence-electron chi connectivity index (χ2n) is 8.66. The van der Waals surface area contributed by atoms with E-state index in [2.05, 4.69) is 4.98 Å². The van der Waals surface area contributed by atoms with Crippen molar-refractivity contribution in [3.8, 4) is 0 Å². The van der Waals surface area contributed by atoms with E-state index in [1.807, 2.05) is 24.4 Å². The van der Waals surface area contributed by atoms with Gasteiger partial charge in [0.25, 0.3) is 5.91 Å². The maximum Gasteiger partial charge on any atom is 0.262 e. The molecular weight excluding hydrogens is 470 g/mol. The summed E-state index contributed by atoms with van der Waals surface area (Å²) < 4.78 is 1.64. The Morgan fingerprint density at radius 2 is 2.06 bits per heavy atom. The number of carbonyl (C=O) groups is 2. The lowest BCUT2D eigenvalue weighted by Crippen LogP contribution is -2.34. The second kappa shape index (κ2) is 9.33. The second-order valence-corrected chi connectivity index (χ2v) is 9.97. The first-order chi connectivity index (χ1) is 16.5. The van der Waals surface area contributed by atoms with Crippen molar-refractivity contribution in [2.24, 2.45) is 5.92 Å². The Morgan fingerprint density at radius 1 is 1.24 bits per heavy atom. The van der Waals surface area contributed by atoms with Gasteiger partial charge in [0.1, 0.15) is 0 Å². The van der Waals surface area contributed by atoms with E-state index in [9.17, 15) is 14.7 Å². The fourth-order valence-corrected chi connectivity index (χ4v) is 5.16. The first kappa shape index (κ1) is 22.8. The highest BCUT2D eigenvalue weighted by molar-refractivity contribution is 7.13. The van der Waals surface area contributed by atoms with E-state index in [0.29, 0.717) is 39.4 Å². The van der Waals surface area contributed by atoms with Crippen molar-refractivity contribution in [1.29, 1.82) is 0 Å². The van der Waals surface area contributed by atoms with E-state index >= 15 is 0 Å². The molecule has 1 saturated carbocycles. The molecule has 0 bridgehead atoms. The standard InChI is InChI=1S/C26H24ClN3O3S/c1-16-21(13-24(32)29(14-17-5-6-17)26-28-9-10-34-26)22-11-18(15-31)7-8-23(22)30(16)25(33)19-3-2-4-20(27)12-19/h2-4,7-12,17,31H,5-6,13-15H2,1H3. The van der Waals surface area contributed by atoms with E-state index < -0.39 is 0 Å². The highest BCUT2D eigenvalue weighted by atomic mass is 35.5. The van der Waals surface area contributed by atoms with Gasteiger partial charge >= 0.3 is 0 Å². The lowest BCUT2D eigenvalue weighted by molar-refractivity contribution is -0.118. The largest absolute Gasteiger partial charge is 0.392 e. The zero-order chi connectivity index (χ0) is 23.8. The Bertz CT molecular complexity index is 1380. The molecule has 4 aromatic rings. The third-order valence-corrected chi connectivity index (χ3v) is 7.30. The Labute approximate surface area is 206 Å². The summed E-state index contributed by atoms with van der Waals surface area (Å²) in [5, 5.41) is 13.6. The molecule has 1 N–H and O–H groups in total. The molecular formula is C26H24ClN3O3S. The molecule has 0 saturated heterocycles. The number of benzene rings is 2. The van der Waals surface area contributed by atoms with Crippen LogP contribution in [0.15, 0.2) is 54.0 Å². The average Bonchev–Trinajstić information content (AvgIpc) is 3.42. The van der Waals surface area contributed by atoms with Crippen LogP contribution in [0.1, 0.15) is 40.0 Å². The van der Waals surface area contributed by atoms with Crippen LogP contribution in [0.3, 0.4) is 0 Å². The fourth-order valence-electron chi connectivity index (χ4n) is 4.31. The van der Waals surface area contributed by atoms with Crippen LogP contribution in [-0.2, 0) is 17.8 Å². The third kappa shape index (κ3) is 4.39. The Morgan fingerprint density at radius 3 is 2.74 bits per heavy atom. The number of carbonyl (C=O) groups excluding carboxylic acids is 2. The number of amides is 1. The zero-order valence-corrected chi connectivity index (χ0v) is 20.3. The minimum absolute atomic E-state index is 0.0476. The van der Waals surface area contributed by atoms with E-state index in [1.54, 1.807) is 46.0 Å². The molecule has 0 atom stereocenters. The van der Waals surface area contributed by atoms with Gasteiger partial charge in [-0.1, -0.05) is 23.7 Å². The summed E-state index contributed by atoms with van der Waals surface area (Å²) in [6.45, 7) is 2.40. The molecule has 8 heteroatoms. The molecule has 1 aliphatic rings. The smallest absolute Gasteiger partial charge is 0.262 e. The molecule has 0 unspecified atom stereocenters. The van der Waals surface area contributed by atoms with Gasteiger partial charge in [0, 0.05) is 39.8 Å². The normalized spacial score (nSPS) is 13.4. The molecule has 6 nitrogen and oxygen atoms in total. The number of halogens is 1.